The Balaban J connectivity index is 2.04. The van der Waals surface area contributed by atoms with Crippen molar-refractivity contribution in [1.29, 1.82) is 0 Å². The minimum atomic E-state index is 0.100. The van der Waals surface area contributed by atoms with E-state index in [1.54, 1.807) is 19.0 Å². The summed E-state index contributed by atoms with van der Waals surface area (Å²) in [6, 6.07) is 14.5. The highest BCUT2D eigenvalue weighted by atomic mass is 16.5. The molecule has 0 saturated carbocycles. The normalized spacial score (nSPS) is 14.3. The Hall–Kier alpha value is -2.59. The highest BCUT2D eigenvalue weighted by Gasteiger charge is 2.20. The Morgan fingerprint density at radius 1 is 1.07 bits per heavy atom. The number of benzene rings is 2. The molecule has 0 N–H and O–H groups in total. The second kappa shape index (κ2) is 8.40. The van der Waals surface area contributed by atoms with Crippen molar-refractivity contribution in [2.45, 2.75) is 19.4 Å². The van der Waals surface area contributed by atoms with E-state index < -0.39 is 0 Å². The molecule has 1 amide bonds. The molecule has 4 heteroatoms. The smallest absolute Gasteiger partial charge is 0.226 e. The molecule has 2 aromatic rings. The van der Waals surface area contributed by atoms with Crippen LogP contribution in [-0.2, 0) is 17.8 Å². The average Bonchev–Trinajstić information content (AvgIpc) is 2.79. The largest absolute Gasteiger partial charge is 0.488 e. The Labute approximate surface area is 162 Å². The van der Waals surface area contributed by atoms with Gasteiger partial charge in [0, 0.05) is 26.2 Å². The first kappa shape index (κ1) is 19.2. The van der Waals surface area contributed by atoms with Crippen LogP contribution in [0.4, 0.5) is 0 Å². The van der Waals surface area contributed by atoms with E-state index in [0.717, 1.165) is 29.8 Å². The summed E-state index contributed by atoms with van der Waals surface area (Å²) < 4.78 is 6.09. The van der Waals surface area contributed by atoms with Crippen LogP contribution in [0.1, 0.15) is 28.7 Å². The summed E-state index contributed by atoms with van der Waals surface area (Å²) in [7, 11) is 7.75. The SMILES string of the molecule is CN(C)CC/C=C1/c2ccccc2COc2ccc(CC(=O)N(C)C)cc21. The number of hydrogen-bond acceptors (Lipinski definition) is 3. The van der Waals surface area contributed by atoms with Crippen molar-refractivity contribution in [2.75, 3.05) is 34.7 Å². The lowest BCUT2D eigenvalue weighted by atomic mass is 9.92. The molecule has 0 atom stereocenters. The van der Waals surface area contributed by atoms with Gasteiger partial charge in [0.2, 0.25) is 5.91 Å². The zero-order valence-corrected chi connectivity index (χ0v) is 16.7. The summed E-state index contributed by atoms with van der Waals surface area (Å²) in [5.74, 6) is 0.978. The van der Waals surface area contributed by atoms with Gasteiger partial charge in [-0.05, 0) is 54.9 Å². The van der Waals surface area contributed by atoms with E-state index >= 15 is 0 Å². The van der Waals surface area contributed by atoms with Gasteiger partial charge in [0.1, 0.15) is 12.4 Å². The quantitative estimate of drug-likeness (QED) is 0.813. The maximum Gasteiger partial charge on any atom is 0.226 e. The van der Waals surface area contributed by atoms with Crippen molar-refractivity contribution in [3.8, 4) is 5.75 Å². The van der Waals surface area contributed by atoms with E-state index in [0.29, 0.717) is 13.0 Å². The van der Waals surface area contributed by atoms with Gasteiger partial charge in [0.15, 0.2) is 0 Å². The van der Waals surface area contributed by atoms with Crippen molar-refractivity contribution >= 4 is 11.5 Å². The fourth-order valence-corrected chi connectivity index (χ4v) is 3.25. The van der Waals surface area contributed by atoms with Crippen LogP contribution in [0, 0.1) is 0 Å². The Bertz CT molecular complexity index is 853. The molecule has 0 saturated heterocycles. The average molecular weight is 364 g/mol. The number of fused-ring (bicyclic) bond motifs is 2. The predicted octanol–water partition coefficient (Wildman–Crippen LogP) is 3.59. The van der Waals surface area contributed by atoms with Crippen LogP contribution >= 0.6 is 0 Å². The van der Waals surface area contributed by atoms with Gasteiger partial charge in [-0.3, -0.25) is 4.79 Å². The zero-order valence-electron chi connectivity index (χ0n) is 16.7. The van der Waals surface area contributed by atoms with Gasteiger partial charge < -0.3 is 14.5 Å². The molecule has 0 aliphatic carbocycles. The number of nitrogens with zero attached hydrogens (tertiary/aromatic N) is 2. The van der Waals surface area contributed by atoms with E-state index in [-0.39, 0.29) is 5.91 Å². The third kappa shape index (κ3) is 4.58. The Kier molecular flexibility index (Phi) is 5.97. The van der Waals surface area contributed by atoms with E-state index in [2.05, 4.69) is 55.4 Å². The van der Waals surface area contributed by atoms with Crippen LogP contribution in [0.2, 0.25) is 0 Å². The monoisotopic (exact) mass is 364 g/mol. The number of ether oxygens (including phenoxy) is 1. The number of amides is 1. The van der Waals surface area contributed by atoms with E-state index in [1.165, 1.54) is 16.7 Å². The van der Waals surface area contributed by atoms with E-state index in [9.17, 15) is 4.79 Å². The van der Waals surface area contributed by atoms with Gasteiger partial charge in [-0.2, -0.15) is 0 Å². The minimum Gasteiger partial charge on any atom is -0.488 e. The van der Waals surface area contributed by atoms with Crippen LogP contribution in [-0.4, -0.2) is 50.4 Å². The highest BCUT2D eigenvalue weighted by Crippen LogP contribution is 2.37. The van der Waals surface area contributed by atoms with Crippen molar-refractivity contribution in [2.24, 2.45) is 0 Å². The molecule has 1 aliphatic rings. The first-order valence-corrected chi connectivity index (χ1v) is 9.35. The fourth-order valence-electron chi connectivity index (χ4n) is 3.25. The number of rotatable bonds is 5. The molecule has 2 aromatic carbocycles. The highest BCUT2D eigenvalue weighted by molar-refractivity contribution is 5.86. The van der Waals surface area contributed by atoms with Gasteiger partial charge in [-0.15, -0.1) is 0 Å². The molecule has 1 heterocycles. The molecule has 0 spiro atoms. The first-order valence-electron chi connectivity index (χ1n) is 9.35. The third-order valence-electron chi connectivity index (χ3n) is 4.80. The summed E-state index contributed by atoms with van der Waals surface area (Å²) in [6.07, 6.45) is 3.65. The third-order valence-corrected chi connectivity index (χ3v) is 4.80. The predicted molar refractivity (Wildman–Crippen MR) is 110 cm³/mol. The van der Waals surface area contributed by atoms with Crippen molar-refractivity contribution < 1.29 is 9.53 Å². The van der Waals surface area contributed by atoms with Gasteiger partial charge >= 0.3 is 0 Å². The molecule has 27 heavy (non-hydrogen) atoms. The summed E-state index contributed by atoms with van der Waals surface area (Å²) >= 11 is 0. The number of hydrogen-bond donors (Lipinski definition) is 0. The maximum atomic E-state index is 12.1. The van der Waals surface area contributed by atoms with Crippen LogP contribution in [0.15, 0.2) is 48.5 Å². The molecule has 142 valence electrons. The van der Waals surface area contributed by atoms with Crippen LogP contribution < -0.4 is 4.74 Å². The minimum absolute atomic E-state index is 0.100. The van der Waals surface area contributed by atoms with E-state index in [4.69, 9.17) is 4.74 Å². The molecule has 0 fully saturated rings. The van der Waals surface area contributed by atoms with E-state index in [1.807, 2.05) is 12.1 Å². The molecule has 0 unspecified atom stereocenters. The number of carbonyl (C=O) groups is 1. The fraction of sp³-hybridized carbons (Fsp3) is 0.348. The molecule has 3 rings (SSSR count). The van der Waals surface area contributed by atoms with Gasteiger partial charge in [0.25, 0.3) is 0 Å². The zero-order chi connectivity index (χ0) is 19.4. The Morgan fingerprint density at radius 2 is 1.85 bits per heavy atom. The molecule has 0 radical (unpaired) electrons. The number of carbonyl (C=O) groups excluding carboxylic acids is 1. The molecule has 0 bridgehead atoms. The lowest BCUT2D eigenvalue weighted by Crippen LogP contribution is -2.23. The second-order valence-corrected chi connectivity index (χ2v) is 7.45. The standard InChI is InChI=1S/C23H28N2O2/c1-24(2)13-7-10-20-19-9-6-5-8-18(19)16-27-22-12-11-17(14-21(20)22)15-23(26)25(3)4/h5-6,8-12,14H,7,13,15-16H2,1-4H3/b20-10-. The number of likely N-dealkylation sites (N-methyl/N-ethyl adjacent to an activating group) is 1. The van der Waals surface area contributed by atoms with Crippen LogP contribution in [0.5, 0.6) is 5.75 Å². The summed E-state index contributed by atoms with van der Waals surface area (Å²) in [6.45, 7) is 1.55. The molecular weight excluding hydrogens is 336 g/mol. The maximum absolute atomic E-state index is 12.1. The molecule has 1 aliphatic heterocycles. The lowest BCUT2D eigenvalue weighted by Gasteiger charge is -2.15. The molecular formula is C23H28N2O2. The summed E-state index contributed by atoms with van der Waals surface area (Å²) in [4.78, 5) is 16.0. The van der Waals surface area contributed by atoms with Crippen molar-refractivity contribution in [3.05, 3.63) is 70.8 Å². The first-order chi connectivity index (χ1) is 13.0. The topological polar surface area (TPSA) is 32.8 Å². The van der Waals surface area contributed by atoms with Crippen molar-refractivity contribution in [1.82, 2.24) is 9.80 Å². The van der Waals surface area contributed by atoms with Gasteiger partial charge in [-0.1, -0.05) is 36.4 Å². The summed E-state index contributed by atoms with van der Waals surface area (Å²) in [5.41, 5.74) is 5.68. The van der Waals surface area contributed by atoms with Crippen LogP contribution in [0.25, 0.3) is 5.57 Å². The van der Waals surface area contributed by atoms with Crippen LogP contribution in [0.3, 0.4) is 0 Å². The Morgan fingerprint density at radius 3 is 2.59 bits per heavy atom. The second-order valence-electron chi connectivity index (χ2n) is 7.45. The lowest BCUT2D eigenvalue weighted by molar-refractivity contribution is -0.127. The molecule has 0 aromatic heterocycles. The van der Waals surface area contributed by atoms with Crippen molar-refractivity contribution in [3.63, 3.8) is 0 Å². The van der Waals surface area contributed by atoms with Gasteiger partial charge in [0.05, 0.1) is 6.42 Å². The molecule has 4 nitrogen and oxygen atoms in total. The summed E-state index contributed by atoms with van der Waals surface area (Å²) in [5, 5.41) is 0. The van der Waals surface area contributed by atoms with Gasteiger partial charge in [-0.25, -0.2) is 0 Å².